The molecule has 0 fully saturated rings. The summed E-state index contributed by atoms with van der Waals surface area (Å²) >= 11 is 0. The van der Waals surface area contributed by atoms with Crippen LogP contribution < -0.4 is 0 Å². The zero-order valence-corrected chi connectivity index (χ0v) is 13.0. The van der Waals surface area contributed by atoms with E-state index in [0.717, 1.165) is 12.8 Å². The molecule has 0 spiro atoms. The number of hydrogen-bond donors (Lipinski definition) is 0. The van der Waals surface area contributed by atoms with Gasteiger partial charge in [-0.05, 0) is 32.1 Å². The highest BCUT2D eigenvalue weighted by Gasteiger charge is 1.90. The van der Waals surface area contributed by atoms with Gasteiger partial charge in [0.15, 0.2) is 6.29 Å². The van der Waals surface area contributed by atoms with E-state index in [1.165, 1.54) is 70.6 Å². The molecular weight excluding hydrogens is 232 g/mol. The molecule has 0 N–H and O–H groups in total. The summed E-state index contributed by atoms with van der Waals surface area (Å²) in [6.07, 6.45) is 24.2. The zero-order valence-electron chi connectivity index (χ0n) is 13.0. The van der Waals surface area contributed by atoms with Crippen LogP contribution in [0, 0.1) is 0 Å². The van der Waals surface area contributed by atoms with E-state index in [4.69, 9.17) is 0 Å². The highest BCUT2D eigenvalue weighted by Crippen LogP contribution is 2.10. The molecule has 0 amide bonds. The lowest BCUT2D eigenvalue weighted by atomic mass is 10.1. The predicted octanol–water partition coefficient (Wildman–Crippen LogP) is 6.13. The van der Waals surface area contributed by atoms with Crippen LogP contribution in [0.3, 0.4) is 0 Å². The molecule has 1 heteroatoms. The van der Waals surface area contributed by atoms with Crippen molar-refractivity contribution in [3.8, 4) is 0 Å². The number of hydrogen-bond acceptors (Lipinski definition) is 1. The molecule has 0 heterocycles. The molecule has 0 atom stereocenters. The summed E-state index contributed by atoms with van der Waals surface area (Å²) in [6.45, 7) is 2.27. The van der Waals surface area contributed by atoms with Crippen molar-refractivity contribution in [1.82, 2.24) is 0 Å². The summed E-state index contributed by atoms with van der Waals surface area (Å²) in [5, 5.41) is 0. The van der Waals surface area contributed by atoms with Crippen LogP contribution in [-0.4, -0.2) is 6.29 Å². The molecule has 0 aromatic rings. The lowest BCUT2D eigenvalue weighted by molar-refractivity contribution is 0.545. The third-order valence-corrected chi connectivity index (χ3v) is 3.54. The van der Waals surface area contributed by atoms with Gasteiger partial charge in [-0.2, -0.15) is 0 Å². The van der Waals surface area contributed by atoms with Gasteiger partial charge in [-0.15, -0.1) is 0 Å². The molecule has 111 valence electrons. The SMILES string of the molecule is CCCCCCCCCCC=CCCCCC[C]=O. The van der Waals surface area contributed by atoms with Gasteiger partial charge in [0.1, 0.15) is 0 Å². The molecular formula is C18H33O. The fourth-order valence-electron chi connectivity index (χ4n) is 2.27. The van der Waals surface area contributed by atoms with E-state index in [9.17, 15) is 4.79 Å². The van der Waals surface area contributed by atoms with Crippen molar-refractivity contribution in [2.45, 2.75) is 96.8 Å². The van der Waals surface area contributed by atoms with Crippen molar-refractivity contribution in [3.05, 3.63) is 12.2 Å². The molecule has 1 nitrogen and oxygen atoms in total. The summed E-state index contributed by atoms with van der Waals surface area (Å²) < 4.78 is 0. The maximum Gasteiger partial charge on any atom is 0.198 e. The van der Waals surface area contributed by atoms with Gasteiger partial charge in [-0.3, -0.25) is 4.79 Å². The van der Waals surface area contributed by atoms with Crippen LogP contribution in [0.1, 0.15) is 96.8 Å². The predicted molar refractivity (Wildman–Crippen MR) is 85.1 cm³/mol. The van der Waals surface area contributed by atoms with Crippen LogP contribution in [-0.2, 0) is 4.79 Å². The Hall–Kier alpha value is -0.590. The molecule has 0 aromatic heterocycles. The van der Waals surface area contributed by atoms with E-state index in [1.54, 1.807) is 0 Å². The third kappa shape index (κ3) is 17.4. The van der Waals surface area contributed by atoms with E-state index >= 15 is 0 Å². The average molecular weight is 265 g/mol. The number of unbranched alkanes of at least 4 members (excludes halogenated alkanes) is 12. The first-order chi connectivity index (χ1) is 9.41. The first-order valence-electron chi connectivity index (χ1n) is 8.41. The van der Waals surface area contributed by atoms with Gasteiger partial charge in [-0.1, -0.05) is 70.4 Å². The van der Waals surface area contributed by atoms with Crippen molar-refractivity contribution >= 4 is 6.29 Å². The Kier molecular flexibility index (Phi) is 16.9. The molecule has 0 aliphatic heterocycles. The summed E-state index contributed by atoms with van der Waals surface area (Å²) in [5.41, 5.74) is 0. The molecule has 0 saturated heterocycles. The Bertz CT molecular complexity index is 196. The van der Waals surface area contributed by atoms with Crippen molar-refractivity contribution in [1.29, 1.82) is 0 Å². The summed E-state index contributed by atoms with van der Waals surface area (Å²) in [5.74, 6) is 0. The van der Waals surface area contributed by atoms with Crippen LogP contribution in [0.5, 0.6) is 0 Å². The molecule has 0 unspecified atom stereocenters. The van der Waals surface area contributed by atoms with Crippen LogP contribution in [0.15, 0.2) is 12.2 Å². The fourth-order valence-corrected chi connectivity index (χ4v) is 2.27. The van der Waals surface area contributed by atoms with Crippen molar-refractivity contribution in [2.24, 2.45) is 0 Å². The minimum atomic E-state index is 0.613. The first-order valence-corrected chi connectivity index (χ1v) is 8.41. The smallest absolute Gasteiger partial charge is 0.198 e. The minimum absolute atomic E-state index is 0.613. The minimum Gasteiger partial charge on any atom is -0.291 e. The molecule has 0 aliphatic carbocycles. The van der Waals surface area contributed by atoms with E-state index in [1.807, 2.05) is 6.29 Å². The maximum absolute atomic E-state index is 10.00. The maximum atomic E-state index is 10.00. The Morgan fingerprint density at radius 1 is 0.684 bits per heavy atom. The topological polar surface area (TPSA) is 17.1 Å². The average Bonchev–Trinajstić information content (AvgIpc) is 2.43. The number of allylic oxidation sites excluding steroid dienone is 2. The van der Waals surface area contributed by atoms with Crippen LogP contribution in [0.25, 0.3) is 0 Å². The Balaban J connectivity index is 3.02. The second kappa shape index (κ2) is 17.4. The zero-order chi connectivity index (χ0) is 14.0. The molecule has 0 aliphatic rings. The van der Waals surface area contributed by atoms with E-state index in [-0.39, 0.29) is 0 Å². The summed E-state index contributed by atoms with van der Waals surface area (Å²) in [4.78, 5) is 10.00. The molecule has 0 aromatic carbocycles. The van der Waals surface area contributed by atoms with Gasteiger partial charge in [0, 0.05) is 6.42 Å². The Morgan fingerprint density at radius 2 is 1.16 bits per heavy atom. The van der Waals surface area contributed by atoms with Gasteiger partial charge in [0.25, 0.3) is 0 Å². The summed E-state index contributed by atoms with van der Waals surface area (Å²) in [7, 11) is 0. The number of carbonyl (C=O) groups excluding carboxylic acids is 1. The lowest BCUT2D eigenvalue weighted by Gasteiger charge is -1.99. The van der Waals surface area contributed by atoms with E-state index in [0.29, 0.717) is 6.42 Å². The third-order valence-electron chi connectivity index (χ3n) is 3.54. The Morgan fingerprint density at radius 3 is 1.68 bits per heavy atom. The van der Waals surface area contributed by atoms with Gasteiger partial charge < -0.3 is 0 Å². The van der Waals surface area contributed by atoms with Gasteiger partial charge in [0.2, 0.25) is 0 Å². The first kappa shape index (κ1) is 18.4. The quantitative estimate of drug-likeness (QED) is 0.257. The van der Waals surface area contributed by atoms with Gasteiger partial charge in [0.05, 0.1) is 0 Å². The molecule has 0 bridgehead atoms. The highest BCUT2D eigenvalue weighted by atomic mass is 16.1. The fraction of sp³-hybridized carbons (Fsp3) is 0.833. The van der Waals surface area contributed by atoms with Crippen LogP contribution in [0.2, 0.25) is 0 Å². The lowest BCUT2D eigenvalue weighted by Crippen LogP contribution is -1.80. The number of rotatable bonds is 15. The van der Waals surface area contributed by atoms with Crippen molar-refractivity contribution in [3.63, 3.8) is 0 Å². The summed E-state index contributed by atoms with van der Waals surface area (Å²) in [6, 6.07) is 0. The monoisotopic (exact) mass is 265 g/mol. The Labute approximate surface area is 120 Å². The second-order valence-electron chi connectivity index (χ2n) is 5.48. The van der Waals surface area contributed by atoms with Crippen molar-refractivity contribution in [2.75, 3.05) is 0 Å². The molecule has 1 radical (unpaired) electrons. The normalized spacial score (nSPS) is 11.2. The highest BCUT2D eigenvalue weighted by molar-refractivity contribution is 5.50. The van der Waals surface area contributed by atoms with Crippen LogP contribution >= 0.6 is 0 Å². The standard InChI is InChI=1S/C18H33O/c1-2-3-4-5-6-7-8-9-10-11-12-13-14-15-16-17-18-19/h11-12H,2-10,13-17H2,1H3. The van der Waals surface area contributed by atoms with Gasteiger partial charge >= 0.3 is 0 Å². The van der Waals surface area contributed by atoms with Crippen LogP contribution in [0.4, 0.5) is 0 Å². The second-order valence-corrected chi connectivity index (χ2v) is 5.48. The van der Waals surface area contributed by atoms with Crippen molar-refractivity contribution < 1.29 is 4.79 Å². The molecule has 0 saturated carbocycles. The molecule has 19 heavy (non-hydrogen) atoms. The largest absolute Gasteiger partial charge is 0.291 e. The van der Waals surface area contributed by atoms with Gasteiger partial charge in [-0.25, -0.2) is 0 Å². The van der Waals surface area contributed by atoms with E-state index < -0.39 is 0 Å². The molecule has 0 rings (SSSR count). The van der Waals surface area contributed by atoms with E-state index in [2.05, 4.69) is 19.1 Å².